The molecule has 1 aromatic carbocycles. The number of amides is 3. The third-order valence-electron chi connectivity index (χ3n) is 3.05. The topological polar surface area (TPSA) is 113 Å². The number of thioether (sulfide) groups is 2. The molecule has 0 spiro atoms. The van der Waals surface area contributed by atoms with Crippen molar-refractivity contribution in [2.24, 2.45) is 0 Å². The number of rotatable bonds is 9. The molecule has 0 saturated carbocycles. The number of hydrazine groups is 1. The summed E-state index contributed by atoms with van der Waals surface area (Å²) < 4.78 is 1.26. The molecule has 3 N–H and O–H groups in total. The third kappa shape index (κ3) is 7.66. The van der Waals surface area contributed by atoms with E-state index in [9.17, 15) is 14.4 Å². The highest BCUT2D eigenvalue weighted by atomic mass is 35.5. The van der Waals surface area contributed by atoms with Crippen molar-refractivity contribution in [3.05, 3.63) is 34.9 Å². The minimum absolute atomic E-state index is 0.0510. The van der Waals surface area contributed by atoms with Crippen molar-refractivity contribution in [1.82, 2.24) is 26.4 Å². The Morgan fingerprint density at radius 3 is 2.32 bits per heavy atom. The number of nitrogens with zero attached hydrogens (tertiary/aromatic N) is 2. The van der Waals surface area contributed by atoms with Crippen LogP contribution in [-0.4, -0.2) is 46.0 Å². The molecule has 2 rings (SSSR count). The van der Waals surface area contributed by atoms with Crippen LogP contribution in [-0.2, 0) is 9.59 Å². The summed E-state index contributed by atoms with van der Waals surface area (Å²) in [6.07, 6.45) is 0.886. The molecule has 2 aromatic rings. The quantitative estimate of drug-likeness (QED) is 0.389. The van der Waals surface area contributed by atoms with Crippen molar-refractivity contribution >= 4 is 64.2 Å². The monoisotopic (exact) mass is 459 g/mol. The number of hydrogen-bond donors (Lipinski definition) is 3. The van der Waals surface area contributed by atoms with Crippen molar-refractivity contribution in [2.45, 2.75) is 22.0 Å². The van der Waals surface area contributed by atoms with Gasteiger partial charge in [0, 0.05) is 6.54 Å². The number of nitrogens with one attached hydrogen (secondary N) is 3. The van der Waals surface area contributed by atoms with Crippen molar-refractivity contribution in [3.8, 4) is 0 Å². The molecule has 8 nitrogen and oxygen atoms in total. The molecule has 0 fully saturated rings. The zero-order valence-electron chi connectivity index (χ0n) is 14.9. The van der Waals surface area contributed by atoms with Crippen LogP contribution in [0.1, 0.15) is 23.7 Å². The number of aromatic nitrogens is 2. The van der Waals surface area contributed by atoms with Gasteiger partial charge in [-0.15, -0.1) is 10.2 Å². The van der Waals surface area contributed by atoms with Crippen molar-refractivity contribution in [2.75, 3.05) is 18.1 Å². The molecule has 28 heavy (non-hydrogen) atoms. The largest absolute Gasteiger partial charge is 0.355 e. The van der Waals surface area contributed by atoms with Gasteiger partial charge in [0.05, 0.1) is 22.1 Å². The number of carbonyl (C=O) groups is 3. The zero-order valence-corrected chi connectivity index (χ0v) is 18.1. The summed E-state index contributed by atoms with van der Waals surface area (Å²) in [5.74, 6) is -0.619. The Morgan fingerprint density at radius 1 is 1.04 bits per heavy atom. The maximum atomic E-state index is 12.0. The third-order valence-corrected chi connectivity index (χ3v) is 6.57. The van der Waals surface area contributed by atoms with Gasteiger partial charge >= 0.3 is 0 Å². The average Bonchev–Trinajstić information content (AvgIpc) is 3.15. The summed E-state index contributed by atoms with van der Waals surface area (Å²) in [5, 5.41) is 11.0. The summed E-state index contributed by atoms with van der Waals surface area (Å²) in [4.78, 5) is 35.4. The highest BCUT2D eigenvalue weighted by molar-refractivity contribution is 8.03. The van der Waals surface area contributed by atoms with Crippen LogP contribution in [0, 0.1) is 0 Å². The normalized spacial score (nSPS) is 10.4. The van der Waals surface area contributed by atoms with Gasteiger partial charge in [-0.25, -0.2) is 0 Å². The van der Waals surface area contributed by atoms with Crippen molar-refractivity contribution < 1.29 is 14.4 Å². The molecule has 3 amide bonds. The van der Waals surface area contributed by atoms with E-state index in [1.54, 1.807) is 24.3 Å². The first-order chi connectivity index (χ1) is 13.5. The van der Waals surface area contributed by atoms with E-state index < -0.39 is 11.8 Å². The van der Waals surface area contributed by atoms with Gasteiger partial charge in [0.2, 0.25) is 11.8 Å². The predicted molar refractivity (Wildman–Crippen MR) is 112 cm³/mol. The number of carbonyl (C=O) groups excluding carboxylic acids is 3. The Kier molecular flexibility index (Phi) is 9.55. The lowest BCUT2D eigenvalue weighted by molar-refractivity contribution is -0.119. The molecule has 0 bridgehead atoms. The molecule has 150 valence electrons. The predicted octanol–water partition coefficient (Wildman–Crippen LogP) is 2.36. The highest BCUT2D eigenvalue weighted by Crippen LogP contribution is 2.28. The van der Waals surface area contributed by atoms with Crippen LogP contribution >= 0.6 is 46.5 Å². The second-order valence-electron chi connectivity index (χ2n) is 5.24. The van der Waals surface area contributed by atoms with Crippen molar-refractivity contribution in [3.63, 3.8) is 0 Å². The molecular weight excluding hydrogens is 442 g/mol. The SMILES string of the molecule is CCCNC(=O)CSc1nnc(SCC(=O)NNC(=O)c2ccccc2Cl)s1. The molecule has 0 aliphatic carbocycles. The van der Waals surface area contributed by atoms with Gasteiger partial charge in [-0.3, -0.25) is 25.2 Å². The van der Waals surface area contributed by atoms with E-state index in [0.717, 1.165) is 6.42 Å². The van der Waals surface area contributed by atoms with E-state index in [0.29, 0.717) is 20.2 Å². The van der Waals surface area contributed by atoms with E-state index in [2.05, 4.69) is 26.4 Å². The fourth-order valence-electron chi connectivity index (χ4n) is 1.76. The van der Waals surface area contributed by atoms with Crippen LogP contribution in [0.25, 0.3) is 0 Å². The van der Waals surface area contributed by atoms with Crippen LogP contribution in [0.2, 0.25) is 5.02 Å². The molecule has 0 aliphatic heterocycles. The Labute approximate surface area is 179 Å². The minimum Gasteiger partial charge on any atom is -0.355 e. The number of benzene rings is 1. The first kappa shape index (κ1) is 22.5. The molecule has 12 heteroatoms. The lowest BCUT2D eigenvalue weighted by atomic mass is 10.2. The summed E-state index contributed by atoms with van der Waals surface area (Å²) in [7, 11) is 0. The van der Waals surface area contributed by atoms with E-state index in [4.69, 9.17) is 11.6 Å². The smallest absolute Gasteiger partial charge is 0.271 e. The van der Waals surface area contributed by atoms with Crippen LogP contribution < -0.4 is 16.2 Å². The summed E-state index contributed by atoms with van der Waals surface area (Å²) in [5.41, 5.74) is 4.91. The van der Waals surface area contributed by atoms with E-state index in [1.807, 2.05) is 6.92 Å². The standard InChI is InChI=1S/C16H18ClN5O3S3/c1-2-7-18-12(23)8-26-15-21-22-16(28-15)27-9-13(24)19-20-14(25)10-5-3-4-6-11(10)17/h3-6H,2,7-9H2,1H3,(H,18,23)(H,19,24)(H,20,25). The Bertz CT molecular complexity index is 833. The first-order valence-electron chi connectivity index (χ1n) is 8.19. The van der Waals surface area contributed by atoms with Crippen molar-refractivity contribution in [1.29, 1.82) is 0 Å². The molecule has 1 heterocycles. The molecule has 0 unspecified atom stereocenters. The van der Waals surface area contributed by atoms with Crippen LogP contribution in [0.4, 0.5) is 0 Å². The van der Waals surface area contributed by atoms with Gasteiger partial charge in [-0.2, -0.15) is 0 Å². The molecular formula is C16H18ClN5O3S3. The number of hydrogen-bond acceptors (Lipinski definition) is 8. The fourth-order valence-corrected chi connectivity index (χ4v) is 4.63. The minimum atomic E-state index is -0.500. The molecule has 0 aliphatic rings. The second kappa shape index (κ2) is 11.9. The average molecular weight is 460 g/mol. The van der Waals surface area contributed by atoms with Gasteiger partial charge in [-0.1, -0.05) is 65.5 Å². The molecule has 1 aromatic heterocycles. The second-order valence-corrected chi connectivity index (χ2v) is 9.07. The first-order valence-corrected chi connectivity index (χ1v) is 11.4. The Balaban J connectivity index is 1.70. The van der Waals surface area contributed by atoms with E-state index >= 15 is 0 Å². The number of halogens is 1. The Morgan fingerprint density at radius 2 is 1.68 bits per heavy atom. The lowest BCUT2D eigenvalue weighted by Gasteiger charge is -2.07. The summed E-state index contributed by atoms with van der Waals surface area (Å²) in [6.45, 7) is 2.64. The van der Waals surface area contributed by atoms with Gasteiger partial charge in [0.15, 0.2) is 8.68 Å². The van der Waals surface area contributed by atoms with Crippen LogP contribution in [0.3, 0.4) is 0 Å². The van der Waals surface area contributed by atoms with Crippen LogP contribution in [0.15, 0.2) is 32.9 Å². The summed E-state index contributed by atoms with van der Waals surface area (Å²) >= 11 is 9.72. The van der Waals surface area contributed by atoms with Gasteiger partial charge in [-0.05, 0) is 18.6 Å². The fraction of sp³-hybridized carbons (Fsp3) is 0.312. The van der Waals surface area contributed by atoms with Gasteiger partial charge in [0.1, 0.15) is 0 Å². The zero-order chi connectivity index (χ0) is 20.4. The van der Waals surface area contributed by atoms with Gasteiger partial charge < -0.3 is 5.32 Å². The molecule has 0 atom stereocenters. The van der Waals surface area contributed by atoms with E-state index in [-0.39, 0.29) is 23.0 Å². The summed E-state index contributed by atoms with van der Waals surface area (Å²) in [6, 6.07) is 6.53. The van der Waals surface area contributed by atoms with Gasteiger partial charge in [0.25, 0.3) is 5.91 Å². The highest BCUT2D eigenvalue weighted by Gasteiger charge is 2.12. The maximum Gasteiger partial charge on any atom is 0.271 e. The Hall–Kier alpha value is -1.82. The molecule has 0 radical (unpaired) electrons. The van der Waals surface area contributed by atoms with E-state index in [1.165, 1.54) is 34.9 Å². The molecule has 0 saturated heterocycles. The lowest BCUT2D eigenvalue weighted by Crippen LogP contribution is -2.42. The van der Waals surface area contributed by atoms with Crippen LogP contribution in [0.5, 0.6) is 0 Å². The maximum absolute atomic E-state index is 12.0.